The fraction of sp³-hybridized carbons (Fsp3) is 0.200. The molecular weight excluding hydrogens is 381 g/mol. The molecule has 6 nitrogen and oxygen atoms in total. The lowest BCUT2D eigenvalue weighted by Gasteiger charge is -2.11. The van der Waals surface area contributed by atoms with E-state index in [-0.39, 0.29) is 6.42 Å². The maximum absolute atomic E-state index is 13.0. The van der Waals surface area contributed by atoms with E-state index < -0.39 is 11.7 Å². The average molecular weight is 398 g/mol. The van der Waals surface area contributed by atoms with E-state index in [2.05, 4.69) is 20.2 Å². The van der Waals surface area contributed by atoms with Crippen LogP contribution in [0.25, 0.3) is 11.8 Å². The van der Waals surface area contributed by atoms with E-state index in [1.165, 1.54) is 6.07 Å². The Bertz CT molecular complexity index is 1150. The van der Waals surface area contributed by atoms with Crippen molar-refractivity contribution in [3.8, 4) is 11.8 Å². The van der Waals surface area contributed by atoms with Crippen molar-refractivity contribution in [1.29, 1.82) is 0 Å². The van der Waals surface area contributed by atoms with Crippen molar-refractivity contribution in [1.82, 2.24) is 29.5 Å². The molecule has 1 aromatic carbocycles. The van der Waals surface area contributed by atoms with E-state index in [1.54, 1.807) is 40.0 Å². The molecule has 0 spiro atoms. The minimum Gasteiger partial charge on any atom is -0.222 e. The van der Waals surface area contributed by atoms with Gasteiger partial charge in [0.25, 0.3) is 5.95 Å². The van der Waals surface area contributed by atoms with Crippen molar-refractivity contribution >= 4 is 0 Å². The first-order valence-corrected chi connectivity index (χ1v) is 8.87. The number of halogens is 3. The summed E-state index contributed by atoms with van der Waals surface area (Å²) in [6.07, 6.45) is -0.817. The van der Waals surface area contributed by atoms with Crippen LogP contribution in [-0.2, 0) is 12.6 Å². The first kappa shape index (κ1) is 18.9. The molecule has 0 radical (unpaired) electrons. The molecule has 29 heavy (non-hydrogen) atoms. The van der Waals surface area contributed by atoms with Crippen LogP contribution in [0, 0.1) is 13.8 Å². The van der Waals surface area contributed by atoms with Crippen LogP contribution >= 0.6 is 0 Å². The summed E-state index contributed by atoms with van der Waals surface area (Å²) in [5.41, 5.74) is 2.05. The van der Waals surface area contributed by atoms with E-state index in [0.717, 1.165) is 23.5 Å². The molecule has 0 saturated carbocycles. The van der Waals surface area contributed by atoms with Crippen LogP contribution in [0.1, 0.15) is 28.2 Å². The zero-order valence-electron chi connectivity index (χ0n) is 15.7. The van der Waals surface area contributed by atoms with Crippen molar-refractivity contribution in [3.05, 3.63) is 83.1 Å². The third-order valence-corrected chi connectivity index (χ3v) is 4.33. The van der Waals surface area contributed by atoms with Gasteiger partial charge in [0.2, 0.25) is 0 Å². The predicted octanol–water partition coefficient (Wildman–Crippen LogP) is 4.07. The Hall–Kier alpha value is -3.49. The van der Waals surface area contributed by atoms with E-state index in [1.807, 2.05) is 19.9 Å². The lowest BCUT2D eigenvalue weighted by Crippen LogP contribution is -2.11. The highest BCUT2D eigenvalue weighted by atomic mass is 19.4. The smallest absolute Gasteiger partial charge is 0.222 e. The number of nitrogens with zero attached hydrogens (tertiary/aromatic N) is 6. The summed E-state index contributed by atoms with van der Waals surface area (Å²) in [6, 6.07) is 10.6. The lowest BCUT2D eigenvalue weighted by atomic mass is 10.1. The van der Waals surface area contributed by atoms with E-state index in [9.17, 15) is 13.2 Å². The monoisotopic (exact) mass is 398 g/mol. The van der Waals surface area contributed by atoms with Gasteiger partial charge < -0.3 is 0 Å². The summed E-state index contributed by atoms with van der Waals surface area (Å²) in [5, 5.41) is 8.60. The largest absolute Gasteiger partial charge is 0.416 e. The van der Waals surface area contributed by atoms with E-state index in [4.69, 9.17) is 0 Å². The molecule has 0 aliphatic heterocycles. The Morgan fingerprint density at radius 2 is 1.83 bits per heavy atom. The number of rotatable bonds is 4. The second kappa shape index (κ2) is 7.16. The topological polar surface area (TPSA) is 61.4 Å². The van der Waals surface area contributed by atoms with Gasteiger partial charge in [0, 0.05) is 30.6 Å². The highest BCUT2D eigenvalue weighted by Crippen LogP contribution is 2.30. The molecule has 0 atom stereocenters. The Kier molecular flexibility index (Phi) is 4.65. The van der Waals surface area contributed by atoms with Crippen LogP contribution in [0.5, 0.6) is 0 Å². The summed E-state index contributed by atoms with van der Waals surface area (Å²) >= 11 is 0. The second-order valence-corrected chi connectivity index (χ2v) is 6.68. The van der Waals surface area contributed by atoms with Gasteiger partial charge in [-0.05, 0) is 37.6 Å². The molecular formula is C20H17F3N6. The molecule has 0 aliphatic carbocycles. The number of hydrogen-bond donors (Lipinski definition) is 0. The van der Waals surface area contributed by atoms with Crippen molar-refractivity contribution in [2.75, 3.05) is 0 Å². The Labute approximate surface area is 164 Å². The second-order valence-electron chi connectivity index (χ2n) is 6.68. The van der Waals surface area contributed by atoms with E-state index >= 15 is 0 Å². The minimum absolute atomic E-state index is 0.215. The van der Waals surface area contributed by atoms with Crippen molar-refractivity contribution < 1.29 is 13.2 Å². The van der Waals surface area contributed by atoms with Gasteiger partial charge in [-0.25, -0.2) is 14.3 Å². The molecule has 4 aromatic rings. The first-order chi connectivity index (χ1) is 13.8. The predicted molar refractivity (Wildman–Crippen MR) is 100 cm³/mol. The molecule has 3 heterocycles. The molecule has 3 aromatic heterocycles. The minimum atomic E-state index is -4.39. The number of benzene rings is 1. The number of hydrogen-bond acceptors (Lipinski definition) is 4. The van der Waals surface area contributed by atoms with Gasteiger partial charge in [0.15, 0.2) is 5.82 Å². The molecule has 0 unspecified atom stereocenters. The molecule has 4 rings (SSSR count). The molecule has 0 N–H and O–H groups in total. The maximum atomic E-state index is 13.0. The van der Waals surface area contributed by atoms with Gasteiger partial charge in [-0.2, -0.15) is 28.4 Å². The zero-order valence-corrected chi connectivity index (χ0v) is 15.7. The molecule has 148 valence electrons. The highest BCUT2D eigenvalue weighted by molar-refractivity contribution is 5.34. The van der Waals surface area contributed by atoms with Gasteiger partial charge in [-0.3, -0.25) is 0 Å². The quantitative estimate of drug-likeness (QED) is 0.520. The van der Waals surface area contributed by atoms with Crippen LogP contribution in [0.4, 0.5) is 13.2 Å². The summed E-state index contributed by atoms with van der Waals surface area (Å²) in [4.78, 5) is 9.07. The van der Waals surface area contributed by atoms with Gasteiger partial charge >= 0.3 is 6.18 Å². The first-order valence-electron chi connectivity index (χ1n) is 8.87. The van der Waals surface area contributed by atoms with Crippen molar-refractivity contribution in [2.45, 2.75) is 26.4 Å². The number of aromatic nitrogens is 6. The van der Waals surface area contributed by atoms with Crippen molar-refractivity contribution in [2.24, 2.45) is 0 Å². The molecule has 0 aliphatic rings. The fourth-order valence-electron chi connectivity index (χ4n) is 3.07. The van der Waals surface area contributed by atoms with Crippen LogP contribution in [-0.4, -0.2) is 29.5 Å². The van der Waals surface area contributed by atoms with Crippen LogP contribution in [0.2, 0.25) is 0 Å². The van der Waals surface area contributed by atoms with Crippen molar-refractivity contribution in [3.63, 3.8) is 0 Å². The molecule has 0 bridgehead atoms. The molecule has 0 fully saturated rings. The van der Waals surface area contributed by atoms with Gasteiger partial charge in [0.05, 0.1) is 17.0 Å². The summed E-state index contributed by atoms with van der Waals surface area (Å²) in [5.74, 6) is 0.847. The third kappa shape index (κ3) is 4.03. The third-order valence-electron chi connectivity index (χ3n) is 4.33. The SMILES string of the molecule is Cc1cc(C)n(-c2nc(Cc3cccc(C(F)(F)F)c3)cc(-n3cccn3)n2)n1. The average Bonchev–Trinajstić information content (AvgIpc) is 3.30. The summed E-state index contributed by atoms with van der Waals surface area (Å²) < 4.78 is 42.3. The Morgan fingerprint density at radius 1 is 1.00 bits per heavy atom. The van der Waals surface area contributed by atoms with Gasteiger partial charge in [-0.1, -0.05) is 18.2 Å². The van der Waals surface area contributed by atoms with E-state index in [0.29, 0.717) is 23.0 Å². The van der Waals surface area contributed by atoms with Crippen LogP contribution in [0.15, 0.2) is 54.9 Å². The zero-order chi connectivity index (χ0) is 20.6. The number of aryl methyl sites for hydroxylation is 2. The molecule has 0 amide bonds. The highest BCUT2D eigenvalue weighted by Gasteiger charge is 2.30. The maximum Gasteiger partial charge on any atom is 0.416 e. The number of alkyl halides is 3. The summed E-state index contributed by atoms with van der Waals surface area (Å²) in [7, 11) is 0. The summed E-state index contributed by atoms with van der Waals surface area (Å²) in [6.45, 7) is 3.75. The van der Waals surface area contributed by atoms with Gasteiger partial charge in [0.1, 0.15) is 0 Å². The fourth-order valence-corrected chi connectivity index (χ4v) is 3.07. The van der Waals surface area contributed by atoms with Crippen LogP contribution < -0.4 is 0 Å². The Morgan fingerprint density at radius 3 is 2.48 bits per heavy atom. The molecule has 0 saturated heterocycles. The Balaban J connectivity index is 1.78. The lowest BCUT2D eigenvalue weighted by molar-refractivity contribution is -0.137. The standard InChI is InChI=1S/C20H17F3N6/c1-13-9-14(2)29(27-13)19-25-17(12-18(26-19)28-8-4-7-24-28)11-15-5-3-6-16(10-15)20(21,22)23/h3-10,12H,11H2,1-2H3. The van der Waals surface area contributed by atoms with Crippen LogP contribution in [0.3, 0.4) is 0 Å². The van der Waals surface area contributed by atoms with Gasteiger partial charge in [-0.15, -0.1) is 0 Å². The molecule has 9 heteroatoms. The normalized spacial score (nSPS) is 11.8.